The summed E-state index contributed by atoms with van der Waals surface area (Å²) in [7, 11) is 1.58. The molecular formula is C13H20N4O. The Morgan fingerprint density at radius 1 is 1.44 bits per heavy atom. The second-order valence-corrected chi connectivity index (χ2v) is 4.81. The largest absolute Gasteiger partial charge is 0.366 e. The molecule has 1 atom stereocenters. The molecule has 0 aromatic carbocycles. The highest BCUT2D eigenvalue weighted by Crippen LogP contribution is 2.34. The lowest BCUT2D eigenvalue weighted by Crippen LogP contribution is -2.22. The topological polar surface area (TPSA) is 66.9 Å². The minimum absolute atomic E-state index is 0.209. The number of nitrogens with zero attached hydrogens (tertiary/aromatic N) is 2. The van der Waals surface area contributed by atoms with E-state index in [9.17, 15) is 4.79 Å². The first kappa shape index (κ1) is 12.8. The van der Waals surface area contributed by atoms with Gasteiger partial charge in [0, 0.05) is 13.1 Å². The van der Waals surface area contributed by atoms with E-state index in [1.54, 1.807) is 13.1 Å². The number of hydrogen-bond donors (Lipinski definition) is 2. The van der Waals surface area contributed by atoms with Gasteiger partial charge >= 0.3 is 0 Å². The lowest BCUT2D eigenvalue weighted by Gasteiger charge is -2.16. The maximum atomic E-state index is 11.3. The number of amides is 1. The highest BCUT2D eigenvalue weighted by atomic mass is 16.1. The molecule has 1 aliphatic rings. The molecule has 18 heavy (non-hydrogen) atoms. The Balaban J connectivity index is 1.93. The molecule has 1 aromatic heterocycles. The fraction of sp³-hybridized carbons (Fsp3) is 0.615. The molecule has 5 nitrogen and oxygen atoms in total. The quantitative estimate of drug-likeness (QED) is 0.806. The predicted octanol–water partition coefficient (Wildman–Crippen LogP) is 1.83. The molecule has 98 valence electrons. The zero-order chi connectivity index (χ0) is 13.0. The molecule has 1 aromatic rings. The number of carbonyl (C=O) groups excluding carboxylic acids is 1. The van der Waals surface area contributed by atoms with Crippen LogP contribution in [0.5, 0.6) is 0 Å². The van der Waals surface area contributed by atoms with E-state index in [0.717, 1.165) is 18.2 Å². The van der Waals surface area contributed by atoms with Crippen LogP contribution in [0.3, 0.4) is 0 Å². The van der Waals surface area contributed by atoms with E-state index in [-0.39, 0.29) is 5.91 Å². The van der Waals surface area contributed by atoms with Crippen LogP contribution in [-0.4, -0.2) is 29.2 Å². The lowest BCUT2D eigenvalue weighted by atomic mass is 10.1. The Bertz CT molecular complexity index is 400. The summed E-state index contributed by atoms with van der Waals surface area (Å²) in [6.07, 6.45) is 5.00. The number of carbonyl (C=O) groups is 1. The van der Waals surface area contributed by atoms with Gasteiger partial charge in [-0.1, -0.05) is 19.8 Å². The van der Waals surface area contributed by atoms with Crippen LogP contribution in [-0.2, 0) is 0 Å². The van der Waals surface area contributed by atoms with Crippen molar-refractivity contribution in [2.45, 2.75) is 38.6 Å². The lowest BCUT2D eigenvalue weighted by molar-refractivity contribution is 0.0957. The molecule has 5 heteroatoms. The SMILES string of the molecule is CCC(CC1CC1)Nc1ccc(C(=O)NC)nn1. The van der Waals surface area contributed by atoms with Crippen LogP contribution in [0, 0.1) is 5.92 Å². The van der Waals surface area contributed by atoms with Crippen molar-refractivity contribution in [2.24, 2.45) is 5.92 Å². The maximum Gasteiger partial charge on any atom is 0.271 e. The van der Waals surface area contributed by atoms with Gasteiger partial charge in [0.15, 0.2) is 5.69 Å². The molecule has 2 N–H and O–H groups in total. The summed E-state index contributed by atoms with van der Waals surface area (Å²) in [4.78, 5) is 11.3. The van der Waals surface area contributed by atoms with E-state index >= 15 is 0 Å². The molecule has 0 saturated heterocycles. The van der Waals surface area contributed by atoms with E-state index in [1.807, 2.05) is 6.07 Å². The van der Waals surface area contributed by atoms with Crippen molar-refractivity contribution in [2.75, 3.05) is 12.4 Å². The van der Waals surface area contributed by atoms with Crippen LogP contribution in [0.1, 0.15) is 43.1 Å². The van der Waals surface area contributed by atoms with Gasteiger partial charge in [0.05, 0.1) is 0 Å². The third-order valence-corrected chi connectivity index (χ3v) is 3.28. The normalized spacial score (nSPS) is 16.1. The van der Waals surface area contributed by atoms with Gasteiger partial charge in [0.2, 0.25) is 0 Å². The number of anilines is 1. The Morgan fingerprint density at radius 3 is 2.72 bits per heavy atom. The van der Waals surface area contributed by atoms with Crippen molar-refractivity contribution < 1.29 is 4.79 Å². The number of hydrogen-bond acceptors (Lipinski definition) is 4. The molecule has 0 radical (unpaired) electrons. The van der Waals surface area contributed by atoms with Crippen molar-refractivity contribution in [1.29, 1.82) is 0 Å². The van der Waals surface area contributed by atoms with Gasteiger partial charge in [0.25, 0.3) is 5.91 Å². The smallest absolute Gasteiger partial charge is 0.271 e. The molecule has 1 saturated carbocycles. The molecule has 1 amide bonds. The molecule has 1 unspecified atom stereocenters. The second kappa shape index (κ2) is 5.80. The minimum atomic E-state index is -0.209. The van der Waals surface area contributed by atoms with E-state index in [0.29, 0.717) is 11.7 Å². The van der Waals surface area contributed by atoms with Crippen LogP contribution in [0.25, 0.3) is 0 Å². The molecule has 1 aliphatic carbocycles. The second-order valence-electron chi connectivity index (χ2n) is 4.81. The summed E-state index contributed by atoms with van der Waals surface area (Å²) in [5, 5.41) is 13.9. The summed E-state index contributed by atoms with van der Waals surface area (Å²) < 4.78 is 0. The number of nitrogens with one attached hydrogen (secondary N) is 2. The van der Waals surface area contributed by atoms with Gasteiger partial charge < -0.3 is 10.6 Å². The molecule has 0 bridgehead atoms. The van der Waals surface area contributed by atoms with E-state index in [1.165, 1.54) is 19.3 Å². The van der Waals surface area contributed by atoms with E-state index in [4.69, 9.17) is 0 Å². The van der Waals surface area contributed by atoms with Crippen molar-refractivity contribution in [3.8, 4) is 0 Å². The first-order chi connectivity index (χ1) is 8.72. The highest BCUT2D eigenvalue weighted by Gasteiger charge is 2.24. The molecule has 1 heterocycles. The van der Waals surface area contributed by atoms with Crippen molar-refractivity contribution in [3.63, 3.8) is 0 Å². The third-order valence-electron chi connectivity index (χ3n) is 3.28. The Kier molecular flexibility index (Phi) is 4.12. The van der Waals surface area contributed by atoms with Crippen molar-refractivity contribution in [1.82, 2.24) is 15.5 Å². The van der Waals surface area contributed by atoms with E-state index < -0.39 is 0 Å². The zero-order valence-electron chi connectivity index (χ0n) is 10.9. The number of rotatable bonds is 6. The highest BCUT2D eigenvalue weighted by molar-refractivity contribution is 5.91. The summed E-state index contributed by atoms with van der Waals surface area (Å²) in [6, 6.07) is 3.96. The van der Waals surface area contributed by atoms with Gasteiger partial charge in [-0.15, -0.1) is 10.2 Å². The van der Waals surface area contributed by atoms with Gasteiger partial charge in [0.1, 0.15) is 5.82 Å². The van der Waals surface area contributed by atoms with E-state index in [2.05, 4.69) is 27.8 Å². The average Bonchev–Trinajstić information content (AvgIpc) is 3.22. The van der Waals surface area contributed by atoms with Gasteiger partial charge in [-0.05, 0) is 30.9 Å². The summed E-state index contributed by atoms with van der Waals surface area (Å²) >= 11 is 0. The first-order valence-electron chi connectivity index (χ1n) is 6.55. The molecular weight excluding hydrogens is 228 g/mol. The Morgan fingerprint density at radius 2 is 2.22 bits per heavy atom. The van der Waals surface area contributed by atoms with Crippen LogP contribution in [0.15, 0.2) is 12.1 Å². The maximum absolute atomic E-state index is 11.3. The summed E-state index contributed by atoms with van der Waals surface area (Å²) in [5.74, 6) is 1.43. The van der Waals surface area contributed by atoms with Gasteiger partial charge in [-0.25, -0.2) is 0 Å². The third kappa shape index (κ3) is 3.42. The standard InChI is InChI=1S/C13H20N4O/c1-3-10(8-9-4-5-9)15-12-7-6-11(16-17-12)13(18)14-2/h6-7,9-10H,3-5,8H2,1-2H3,(H,14,18)(H,15,17). The minimum Gasteiger partial charge on any atom is -0.366 e. The Labute approximate surface area is 107 Å². The fourth-order valence-electron chi connectivity index (χ4n) is 1.95. The van der Waals surface area contributed by atoms with Crippen LogP contribution in [0.2, 0.25) is 0 Å². The van der Waals surface area contributed by atoms with Crippen molar-refractivity contribution in [3.05, 3.63) is 17.8 Å². The molecule has 0 aliphatic heterocycles. The fourth-order valence-corrected chi connectivity index (χ4v) is 1.95. The Hall–Kier alpha value is -1.65. The van der Waals surface area contributed by atoms with Crippen LogP contribution in [0.4, 0.5) is 5.82 Å². The van der Waals surface area contributed by atoms with Gasteiger partial charge in [-0.3, -0.25) is 4.79 Å². The monoisotopic (exact) mass is 248 g/mol. The summed E-state index contributed by atoms with van der Waals surface area (Å²) in [6.45, 7) is 2.17. The molecule has 0 spiro atoms. The predicted molar refractivity (Wildman–Crippen MR) is 70.5 cm³/mol. The van der Waals surface area contributed by atoms with Crippen LogP contribution < -0.4 is 10.6 Å². The number of aromatic nitrogens is 2. The first-order valence-corrected chi connectivity index (χ1v) is 6.55. The molecule has 2 rings (SSSR count). The zero-order valence-corrected chi connectivity index (χ0v) is 10.9. The van der Waals surface area contributed by atoms with Crippen LogP contribution >= 0.6 is 0 Å². The molecule has 1 fully saturated rings. The average molecular weight is 248 g/mol. The van der Waals surface area contributed by atoms with Gasteiger partial charge in [-0.2, -0.15) is 0 Å². The summed E-state index contributed by atoms with van der Waals surface area (Å²) in [5.41, 5.74) is 0.346. The van der Waals surface area contributed by atoms with Crippen molar-refractivity contribution >= 4 is 11.7 Å².